The Balaban J connectivity index is 2.62. The third-order valence-electron chi connectivity index (χ3n) is 1.19. The van der Waals surface area contributed by atoms with Gasteiger partial charge in [0, 0.05) is 6.04 Å². The first-order valence-corrected chi connectivity index (χ1v) is 4.71. The van der Waals surface area contributed by atoms with E-state index in [-0.39, 0.29) is 19.2 Å². The van der Waals surface area contributed by atoms with Gasteiger partial charge in [-0.05, 0) is 0 Å². The highest BCUT2D eigenvalue weighted by Gasteiger charge is 2.27. The van der Waals surface area contributed by atoms with Gasteiger partial charge in [0.1, 0.15) is 0 Å². The lowest BCUT2D eigenvalue weighted by atomic mass is 10.4. The summed E-state index contributed by atoms with van der Waals surface area (Å²) in [6.07, 6.45) is 1.09. The van der Waals surface area contributed by atoms with Crippen molar-refractivity contribution in [2.45, 2.75) is 6.04 Å². The average molecular weight is 166 g/mol. The SMILES string of the molecule is CS(=O)(=O)N1CC(N)CO1. The molecule has 2 N–H and O–H groups in total. The van der Waals surface area contributed by atoms with Crippen molar-refractivity contribution in [3.63, 3.8) is 0 Å². The molecule has 0 aromatic rings. The Hall–Kier alpha value is -0.170. The van der Waals surface area contributed by atoms with Crippen LogP contribution in [0.5, 0.6) is 0 Å². The fourth-order valence-corrected chi connectivity index (χ4v) is 1.42. The topological polar surface area (TPSA) is 72.6 Å². The predicted octanol–water partition coefficient (Wildman–Crippen LogP) is -1.48. The summed E-state index contributed by atoms with van der Waals surface area (Å²) in [6.45, 7) is 0.548. The van der Waals surface area contributed by atoms with Crippen LogP contribution in [0.4, 0.5) is 0 Å². The second-order valence-electron chi connectivity index (χ2n) is 2.30. The van der Waals surface area contributed by atoms with Gasteiger partial charge in [-0.15, -0.1) is 0 Å². The van der Waals surface area contributed by atoms with Gasteiger partial charge in [-0.25, -0.2) is 8.42 Å². The Labute approximate surface area is 59.8 Å². The number of rotatable bonds is 1. The third kappa shape index (κ3) is 1.66. The summed E-state index contributed by atoms with van der Waals surface area (Å²) in [6, 6.07) is -0.185. The standard InChI is InChI=1S/C4H10N2O3S/c1-10(7,8)6-2-4(5)3-9-6/h4H,2-3,5H2,1H3. The van der Waals surface area contributed by atoms with Crippen LogP contribution in [0.2, 0.25) is 0 Å². The second-order valence-corrected chi connectivity index (χ2v) is 4.18. The maximum atomic E-state index is 10.7. The molecule has 5 nitrogen and oxygen atoms in total. The maximum Gasteiger partial charge on any atom is 0.233 e. The zero-order valence-electron chi connectivity index (χ0n) is 5.65. The zero-order chi connectivity index (χ0) is 7.78. The molecule has 0 aromatic carbocycles. The van der Waals surface area contributed by atoms with Gasteiger partial charge in [-0.3, -0.25) is 4.84 Å². The van der Waals surface area contributed by atoms with E-state index in [9.17, 15) is 8.42 Å². The summed E-state index contributed by atoms with van der Waals surface area (Å²) < 4.78 is 22.4. The molecule has 1 aliphatic heterocycles. The summed E-state index contributed by atoms with van der Waals surface area (Å²) >= 11 is 0. The van der Waals surface area contributed by atoms with Gasteiger partial charge < -0.3 is 5.73 Å². The van der Waals surface area contributed by atoms with Crippen LogP contribution in [-0.4, -0.2) is 38.3 Å². The minimum atomic E-state index is -3.20. The Bertz CT molecular complexity index is 213. The molecule has 1 fully saturated rings. The van der Waals surface area contributed by atoms with Crippen LogP contribution < -0.4 is 5.73 Å². The quantitative estimate of drug-likeness (QED) is 0.515. The molecule has 1 rings (SSSR count). The highest BCUT2D eigenvalue weighted by molar-refractivity contribution is 7.88. The van der Waals surface area contributed by atoms with Gasteiger partial charge >= 0.3 is 0 Å². The van der Waals surface area contributed by atoms with Crippen LogP contribution in [0.1, 0.15) is 0 Å². The van der Waals surface area contributed by atoms with E-state index < -0.39 is 10.0 Å². The van der Waals surface area contributed by atoms with E-state index in [4.69, 9.17) is 10.6 Å². The van der Waals surface area contributed by atoms with Crippen LogP contribution >= 0.6 is 0 Å². The van der Waals surface area contributed by atoms with Crippen molar-refractivity contribution in [1.29, 1.82) is 0 Å². The van der Waals surface area contributed by atoms with Crippen molar-refractivity contribution >= 4 is 10.0 Å². The molecule has 0 aromatic heterocycles. The number of hydrogen-bond donors (Lipinski definition) is 1. The van der Waals surface area contributed by atoms with E-state index in [2.05, 4.69) is 0 Å². The van der Waals surface area contributed by atoms with Crippen LogP contribution in [0.3, 0.4) is 0 Å². The molecule has 0 bridgehead atoms. The van der Waals surface area contributed by atoms with Gasteiger partial charge in [0.2, 0.25) is 10.0 Å². The maximum absolute atomic E-state index is 10.7. The molecule has 1 aliphatic rings. The Morgan fingerprint density at radius 2 is 2.30 bits per heavy atom. The van der Waals surface area contributed by atoms with Crippen LogP contribution in [0, 0.1) is 0 Å². The van der Waals surface area contributed by atoms with E-state index in [1.54, 1.807) is 0 Å². The number of hydroxylamine groups is 1. The summed E-state index contributed by atoms with van der Waals surface area (Å²) in [7, 11) is -3.20. The molecule has 1 saturated heterocycles. The zero-order valence-corrected chi connectivity index (χ0v) is 6.47. The minimum Gasteiger partial charge on any atom is -0.324 e. The van der Waals surface area contributed by atoms with Gasteiger partial charge in [-0.1, -0.05) is 4.47 Å². The molecular weight excluding hydrogens is 156 g/mol. The van der Waals surface area contributed by atoms with Crippen LogP contribution in [0.25, 0.3) is 0 Å². The van der Waals surface area contributed by atoms with E-state index in [1.807, 2.05) is 0 Å². The fraction of sp³-hybridized carbons (Fsp3) is 1.00. The monoisotopic (exact) mass is 166 g/mol. The third-order valence-corrected chi connectivity index (χ3v) is 2.18. The number of sulfonamides is 1. The average Bonchev–Trinajstić information content (AvgIpc) is 2.11. The number of nitrogens with two attached hydrogens (primary N) is 1. The lowest BCUT2D eigenvalue weighted by molar-refractivity contribution is -0.0281. The number of hydrogen-bond acceptors (Lipinski definition) is 4. The molecular formula is C4H10N2O3S. The molecule has 60 valence electrons. The first kappa shape index (κ1) is 7.93. The van der Waals surface area contributed by atoms with E-state index >= 15 is 0 Å². The van der Waals surface area contributed by atoms with Gasteiger partial charge in [0.25, 0.3) is 0 Å². The normalized spacial score (nSPS) is 29.2. The Morgan fingerprint density at radius 3 is 2.50 bits per heavy atom. The molecule has 0 saturated carbocycles. The molecule has 0 spiro atoms. The molecule has 6 heteroatoms. The Kier molecular flexibility index (Phi) is 1.95. The highest BCUT2D eigenvalue weighted by Crippen LogP contribution is 2.07. The lowest BCUT2D eigenvalue weighted by Gasteiger charge is -2.08. The van der Waals surface area contributed by atoms with Crippen molar-refractivity contribution < 1.29 is 13.3 Å². The Morgan fingerprint density at radius 1 is 1.70 bits per heavy atom. The van der Waals surface area contributed by atoms with E-state index in [0.29, 0.717) is 0 Å². The van der Waals surface area contributed by atoms with Gasteiger partial charge in [-0.2, -0.15) is 0 Å². The second kappa shape index (κ2) is 2.46. The van der Waals surface area contributed by atoms with Gasteiger partial charge in [0.05, 0.1) is 19.4 Å². The first-order valence-electron chi connectivity index (χ1n) is 2.86. The molecule has 10 heavy (non-hydrogen) atoms. The predicted molar refractivity (Wildman–Crippen MR) is 35.5 cm³/mol. The fourth-order valence-electron chi connectivity index (χ4n) is 0.707. The molecule has 0 aliphatic carbocycles. The van der Waals surface area contributed by atoms with Crippen molar-refractivity contribution in [2.24, 2.45) is 5.73 Å². The smallest absolute Gasteiger partial charge is 0.233 e. The summed E-state index contributed by atoms with van der Waals surface area (Å²) in [5.41, 5.74) is 5.39. The molecule has 0 radical (unpaired) electrons. The minimum absolute atomic E-state index is 0.185. The van der Waals surface area contributed by atoms with Crippen molar-refractivity contribution in [3.8, 4) is 0 Å². The summed E-state index contributed by atoms with van der Waals surface area (Å²) in [4.78, 5) is 4.75. The van der Waals surface area contributed by atoms with Crippen LogP contribution in [0.15, 0.2) is 0 Å². The summed E-state index contributed by atoms with van der Waals surface area (Å²) in [5.74, 6) is 0. The molecule has 1 heterocycles. The van der Waals surface area contributed by atoms with Crippen molar-refractivity contribution in [1.82, 2.24) is 4.47 Å². The lowest BCUT2D eigenvalue weighted by Crippen LogP contribution is -2.30. The van der Waals surface area contributed by atoms with E-state index in [0.717, 1.165) is 10.7 Å². The largest absolute Gasteiger partial charge is 0.324 e. The highest BCUT2D eigenvalue weighted by atomic mass is 32.2. The molecule has 1 unspecified atom stereocenters. The summed E-state index contributed by atoms with van der Waals surface area (Å²) in [5, 5.41) is 0. The number of nitrogens with zero attached hydrogens (tertiary/aromatic N) is 1. The molecule has 1 atom stereocenters. The van der Waals surface area contributed by atoms with E-state index in [1.165, 1.54) is 0 Å². The van der Waals surface area contributed by atoms with Crippen molar-refractivity contribution in [3.05, 3.63) is 0 Å². The van der Waals surface area contributed by atoms with Crippen molar-refractivity contribution in [2.75, 3.05) is 19.4 Å². The van der Waals surface area contributed by atoms with Gasteiger partial charge in [0.15, 0.2) is 0 Å². The first-order chi connectivity index (χ1) is 4.50. The van der Waals surface area contributed by atoms with Crippen LogP contribution in [-0.2, 0) is 14.9 Å². The molecule has 0 amide bonds.